The number of carbonyl (C=O) groups is 2. The number of rotatable bonds is 2. The van der Waals surface area contributed by atoms with Crippen molar-refractivity contribution in [3.63, 3.8) is 0 Å². The Kier molecular flexibility index (Phi) is 6.12. The van der Waals surface area contributed by atoms with Gasteiger partial charge in [-0.05, 0) is 42.8 Å². The molecule has 3 aliphatic rings. The van der Waals surface area contributed by atoms with Gasteiger partial charge in [-0.3, -0.25) is 9.80 Å². The number of nitrogens with zero attached hydrogens (tertiary/aromatic N) is 3. The van der Waals surface area contributed by atoms with E-state index >= 15 is 0 Å². The van der Waals surface area contributed by atoms with E-state index < -0.39 is 11.9 Å². The van der Waals surface area contributed by atoms with Crippen molar-refractivity contribution < 1.29 is 23.5 Å². The number of carbonyl (C=O) groups excluding carboxylic acids is 2. The maximum atomic E-state index is 13.8. The summed E-state index contributed by atoms with van der Waals surface area (Å²) in [6, 6.07) is 3.88. The molecular formula is C19H21FN4O4S. The summed E-state index contributed by atoms with van der Waals surface area (Å²) in [5.74, 6) is -0.837. The van der Waals surface area contributed by atoms with E-state index in [-0.39, 0.29) is 11.7 Å². The lowest BCUT2D eigenvalue weighted by Gasteiger charge is -2.28. The zero-order valence-electron chi connectivity index (χ0n) is 15.7. The van der Waals surface area contributed by atoms with Crippen LogP contribution in [0.5, 0.6) is 5.75 Å². The first-order valence-electron chi connectivity index (χ1n) is 9.48. The number of halogens is 1. The van der Waals surface area contributed by atoms with E-state index in [2.05, 4.69) is 10.4 Å². The minimum Gasteiger partial charge on any atom is -0.409 e. The molecule has 2 saturated heterocycles. The number of amides is 2. The molecule has 154 valence electrons. The fraction of sp³-hybridized carbons (Fsp3) is 0.421. The number of hydrazine groups is 1. The highest BCUT2D eigenvalue weighted by Gasteiger charge is 2.28. The Morgan fingerprint density at radius 2 is 2.10 bits per heavy atom. The topological polar surface area (TPSA) is 83.5 Å². The Labute approximate surface area is 171 Å². The first-order valence-corrected chi connectivity index (χ1v) is 10.3. The van der Waals surface area contributed by atoms with E-state index in [1.807, 2.05) is 5.01 Å². The monoisotopic (exact) mass is 420 g/mol. The second kappa shape index (κ2) is 8.93. The van der Waals surface area contributed by atoms with Gasteiger partial charge in [-0.15, -0.1) is 0 Å². The van der Waals surface area contributed by atoms with Gasteiger partial charge in [0.25, 0.3) is 5.91 Å². The Hall–Kier alpha value is -2.43. The Morgan fingerprint density at radius 1 is 1.28 bits per heavy atom. The van der Waals surface area contributed by atoms with Crippen molar-refractivity contribution in [2.75, 3.05) is 39.4 Å². The van der Waals surface area contributed by atoms with E-state index in [4.69, 9.17) is 9.47 Å². The van der Waals surface area contributed by atoms with E-state index in [1.54, 1.807) is 6.08 Å². The van der Waals surface area contributed by atoms with E-state index in [0.717, 1.165) is 32.0 Å². The Morgan fingerprint density at radius 3 is 2.86 bits per heavy atom. The highest BCUT2D eigenvalue weighted by atomic mass is 32.2. The minimum atomic E-state index is -0.571. The molecule has 0 spiro atoms. The van der Waals surface area contributed by atoms with Crippen LogP contribution in [0.25, 0.3) is 6.08 Å². The van der Waals surface area contributed by atoms with Crippen LogP contribution in [0.1, 0.15) is 18.4 Å². The predicted molar refractivity (Wildman–Crippen MR) is 107 cm³/mol. The fourth-order valence-electron chi connectivity index (χ4n) is 3.13. The molecular weight excluding hydrogens is 399 g/mol. The number of benzene rings is 1. The molecule has 8 nitrogen and oxygen atoms in total. The predicted octanol–water partition coefficient (Wildman–Crippen LogP) is 2.23. The van der Waals surface area contributed by atoms with Crippen LogP contribution >= 0.6 is 11.8 Å². The van der Waals surface area contributed by atoms with Gasteiger partial charge in [-0.25, -0.2) is 14.6 Å². The summed E-state index contributed by atoms with van der Waals surface area (Å²) in [7, 11) is 0. The van der Waals surface area contributed by atoms with Gasteiger partial charge in [-0.2, -0.15) is 4.99 Å². The zero-order chi connectivity index (χ0) is 20.2. The van der Waals surface area contributed by atoms with Crippen LogP contribution in [0, 0.1) is 5.82 Å². The van der Waals surface area contributed by atoms with E-state index in [9.17, 15) is 14.0 Å². The third-order valence-electron chi connectivity index (χ3n) is 4.68. The van der Waals surface area contributed by atoms with Gasteiger partial charge in [0, 0.05) is 37.8 Å². The number of hydrogen-bond donors (Lipinski definition) is 1. The lowest BCUT2D eigenvalue weighted by Crippen LogP contribution is -2.45. The molecule has 2 amide bonds. The normalized spacial score (nSPS) is 21.5. The van der Waals surface area contributed by atoms with Gasteiger partial charge in [0.15, 0.2) is 5.17 Å². The summed E-state index contributed by atoms with van der Waals surface area (Å²) in [6.07, 6.45) is 3.12. The van der Waals surface area contributed by atoms with Crippen molar-refractivity contribution in [3.05, 3.63) is 34.5 Å². The minimum absolute atomic E-state index is 0.0620. The van der Waals surface area contributed by atoms with Crippen LogP contribution in [0.2, 0.25) is 0 Å². The number of hydrogen-bond acceptors (Lipinski definition) is 7. The van der Waals surface area contributed by atoms with Crippen LogP contribution in [0.4, 0.5) is 9.18 Å². The van der Waals surface area contributed by atoms with Crippen molar-refractivity contribution in [1.29, 1.82) is 0 Å². The van der Waals surface area contributed by atoms with Crippen LogP contribution in [-0.2, 0) is 9.53 Å². The van der Waals surface area contributed by atoms with Crippen LogP contribution < -0.4 is 10.2 Å². The fourth-order valence-corrected chi connectivity index (χ4v) is 4.04. The van der Waals surface area contributed by atoms with Gasteiger partial charge in [0.05, 0.1) is 18.1 Å². The van der Waals surface area contributed by atoms with Crippen molar-refractivity contribution in [2.24, 2.45) is 4.99 Å². The molecule has 3 heterocycles. The molecule has 0 aromatic heterocycles. The quantitative estimate of drug-likeness (QED) is 0.735. The summed E-state index contributed by atoms with van der Waals surface area (Å²) < 4.78 is 24.4. The molecule has 1 aromatic carbocycles. The smallest absolute Gasteiger partial charge is 0.409 e. The highest BCUT2D eigenvalue weighted by Crippen LogP contribution is 2.33. The van der Waals surface area contributed by atoms with Gasteiger partial charge in [0.2, 0.25) is 0 Å². The van der Waals surface area contributed by atoms with Gasteiger partial charge < -0.3 is 14.4 Å². The number of amidine groups is 1. The molecule has 3 aliphatic heterocycles. The van der Waals surface area contributed by atoms with Crippen LogP contribution in [-0.4, -0.2) is 66.5 Å². The number of thioether (sulfide) groups is 1. The maximum Gasteiger partial charge on any atom is 0.415 e. The van der Waals surface area contributed by atoms with Gasteiger partial charge in [0.1, 0.15) is 11.6 Å². The number of ether oxygens (including phenoxy) is 2. The first-order chi connectivity index (χ1) is 14.1. The molecule has 0 unspecified atom stereocenters. The van der Waals surface area contributed by atoms with Crippen molar-refractivity contribution >= 4 is 35.0 Å². The summed E-state index contributed by atoms with van der Waals surface area (Å²) in [5, 5.41) is 2.46. The molecule has 0 saturated carbocycles. The third kappa shape index (κ3) is 4.77. The van der Waals surface area contributed by atoms with Crippen LogP contribution in [0.3, 0.4) is 0 Å². The van der Waals surface area contributed by atoms with E-state index in [0.29, 0.717) is 41.9 Å². The SMILES string of the molecule is O=C1N=C(N2CCCCN2)SC1=Cc1ccc(F)cc1OC(=O)N1CCOCC1. The molecule has 10 heteroatoms. The average Bonchev–Trinajstić information content (AvgIpc) is 3.11. The molecule has 0 bridgehead atoms. The summed E-state index contributed by atoms with van der Waals surface area (Å²) in [5.41, 5.74) is 3.65. The lowest BCUT2D eigenvalue weighted by atomic mass is 10.2. The molecule has 0 radical (unpaired) electrons. The molecule has 29 heavy (non-hydrogen) atoms. The van der Waals surface area contributed by atoms with Crippen molar-refractivity contribution in [1.82, 2.24) is 15.3 Å². The number of morpholine rings is 1. The molecule has 1 aromatic rings. The third-order valence-corrected chi connectivity index (χ3v) is 5.69. The molecule has 0 aliphatic carbocycles. The average molecular weight is 420 g/mol. The maximum absolute atomic E-state index is 13.8. The Bertz CT molecular complexity index is 864. The molecule has 1 N–H and O–H groups in total. The summed E-state index contributed by atoms with van der Waals surface area (Å²) in [6.45, 7) is 3.32. The molecule has 0 atom stereocenters. The first kappa shape index (κ1) is 19.9. The number of aliphatic imine (C=N–C) groups is 1. The second-order valence-electron chi connectivity index (χ2n) is 6.73. The molecule has 4 rings (SSSR count). The van der Waals surface area contributed by atoms with Crippen molar-refractivity contribution in [3.8, 4) is 5.75 Å². The number of nitrogens with one attached hydrogen (secondary N) is 1. The standard InChI is InChI=1S/C19H21FN4O4S/c20-14-4-3-13(15(12-14)28-19(26)23-7-9-27-10-8-23)11-16-17(25)22-18(29-16)24-6-2-1-5-21-24/h3-4,11-12,21H,1-2,5-10H2. The zero-order valence-corrected chi connectivity index (χ0v) is 16.5. The van der Waals surface area contributed by atoms with Crippen molar-refractivity contribution in [2.45, 2.75) is 12.8 Å². The van der Waals surface area contributed by atoms with Gasteiger partial charge >= 0.3 is 6.09 Å². The van der Waals surface area contributed by atoms with E-state index in [1.165, 1.54) is 28.8 Å². The second-order valence-corrected chi connectivity index (χ2v) is 7.74. The largest absolute Gasteiger partial charge is 0.415 e. The lowest BCUT2D eigenvalue weighted by molar-refractivity contribution is -0.113. The molecule has 2 fully saturated rings. The van der Waals surface area contributed by atoms with Gasteiger partial charge in [-0.1, -0.05) is 0 Å². The highest BCUT2D eigenvalue weighted by molar-refractivity contribution is 8.18. The Balaban J connectivity index is 1.51. The summed E-state index contributed by atoms with van der Waals surface area (Å²) in [4.78, 5) is 30.7. The summed E-state index contributed by atoms with van der Waals surface area (Å²) >= 11 is 1.24. The van der Waals surface area contributed by atoms with Crippen LogP contribution in [0.15, 0.2) is 28.1 Å².